The van der Waals surface area contributed by atoms with Crippen LogP contribution in [0.3, 0.4) is 0 Å². The molecule has 0 radical (unpaired) electrons. The molecule has 0 aliphatic rings. The van der Waals surface area contributed by atoms with Crippen LogP contribution in [0.5, 0.6) is 5.75 Å². The highest BCUT2D eigenvalue weighted by Gasteiger charge is 2.11. The fraction of sp³-hybridized carbons (Fsp3) is 0.364. The number of nitrogens with one attached hydrogen (secondary N) is 1. The second-order valence-corrected chi connectivity index (χ2v) is 6.33. The molecule has 0 saturated heterocycles. The van der Waals surface area contributed by atoms with Crippen LogP contribution in [-0.2, 0) is 4.84 Å². The number of ether oxygens (including phenoxy) is 1. The highest BCUT2D eigenvalue weighted by Crippen LogP contribution is 2.14. The molecule has 0 fully saturated rings. The van der Waals surface area contributed by atoms with Crippen LogP contribution in [-0.4, -0.2) is 18.5 Å². The monoisotopic (exact) mass is 369 g/mol. The first-order chi connectivity index (χ1) is 13.2. The van der Waals surface area contributed by atoms with Gasteiger partial charge in [0.25, 0.3) is 5.91 Å². The van der Waals surface area contributed by atoms with Crippen molar-refractivity contribution >= 4 is 11.9 Å². The van der Waals surface area contributed by atoms with Gasteiger partial charge in [-0.1, -0.05) is 63.3 Å². The molecule has 0 unspecified atom stereocenters. The summed E-state index contributed by atoms with van der Waals surface area (Å²) in [6, 6.07) is 15.3. The number of hydroxylamine groups is 1. The van der Waals surface area contributed by atoms with E-state index in [1.165, 1.54) is 25.7 Å². The molecule has 5 heteroatoms. The number of hydrogen-bond donors (Lipinski definition) is 1. The maximum Gasteiger partial charge on any atom is 0.362 e. The molecule has 27 heavy (non-hydrogen) atoms. The third kappa shape index (κ3) is 7.52. The molecule has 0 aromatic heterocycles. The van der Waals surface area contributed by atoms with Gasteiger partial charge in [-0.05, 0) is 36.8 Å². The molecular weight excluding hydrogens is 342 g/mol. The average molecular weight is 369 g/mol. The smallest absolute Gasteiger partial charge is 0.362 e. The molecule has 5 nitrogen and oxygen atoms in total. The SMILES string of the molecule is CCCCCCCCOc1cccc(C(=O)NOC(=O)c2ccccc2)c1. The lowest BCUT2D eigenvalue weighted by Crippen LogP contribution is -2.27. The molecule has 2 aromatic rings. The van der Waals surface area contributed by atoms with Gasteiger partial charge in [0, 0.05) is 5.56 Å². The molecule has 2 rings (SSSR count). The van der Waals surface area contributed by atoms with Crippen LogP contribution in [0.4, 0.5) is 0 Å². The molecule has 0 aliphatic carbocycles. The first kappa shape index (κ1) is 20.5. The van der Waals surface area contributed by atoms with Crippen molar-refractivity contribution in [1.29, 1.82) is 0 Å². The van der Waals surface area contributed by atoms with Crippen molar-refractivity contribution in [2.45, 2.75) is 45.4 Å². The summed E-state index contributed by atoms with van der Waals surface area (Å²) in [5.41, 5.74) is 2.92. The molecule has 0 aliphatic heterocycles. The molecular formula is C22H27NO4. The summed E-state index contributed by atoms with van der Waals surface area (Å²) in [7, 11) is 0. The van der Waals surface area contributed by atoms with Gasteiger partial charge in [-0.15, -0.1) is 0 Å². The lowest BCUT2D eigenvalue weighted by atomic mass is 10.1. The third-order valence-electron chi connectivity index (χ3n) is 4.11. The van der Waals surface area contributed by atoms with Crippen LogP contribution in [0, 0.1) is 0 Å². The van der Waals surface area contributed by atoms with E-state index in [1.807, 2.05) is 6.07 Å². The van der Waals surface area contributed by atoms with Crippen molar-refractivity contribution in [3.8, 4) is 5.75 Å². The fourth-order valence-corrected chi connectivity index (χ4v) is 2.58. The minimum absolute atomic E-state index is 0.369. The summed E-state index contributed by atoms with van der Waals surface area (Å²) < 4.78 is 5.71. The highest BCUT2D eigenvalue weighted by atomic mass is 16.7. The van der Waals surface area contributed by atoms with E-state index in [-0.39, 0.29) is 0 Å². The van der Waals surface area contributed by atoms with Crippen molar-refractivity contribution in [1.82, 2.24) is 5.48 Å². The van der Waals surface area contributed by atoms with Gasteiger partial charge in [0.05, 0.1) is 12.2 Å². The van der Waals surface area contributed by atoms with Crippen LogP contribution >= 0.6 is 0 Å². The second-order valence-electron chi connectivity index (χ2n) is 6.33. The van der Waals surface area contributed by atoms with Gasteiger partial charge in [0.15, 0.2) is 0 Å². The van der Waals surface area contributed by atoms with E-state index in [0.717, 1.165) is 12.8 Å². The minimum atomic E-state index is -0.612. The number of carbonyl (C=O) groups excluding carboxylic acids is 2. The van der Waals surface area contributed by atoms with E-state index >= 15 is 0 Å². The second kappa shape index (κ2) is 11.7. The van der Waals surface area contributed by atoms with Gasteiger partial charge < -0.3 is 9.57 Å². The average Bonchev–Trinajstić information content (AvgIpc) is 2.72. The number of rotatable bonds is 10. The number of benzene rings is 2. The van der Waals surface area contributed by atoms with Crippen LogP contribution in [0.1, 0.15) is 66.2 Å². The normalized spacial score (nSPS) is 10.3. The van der Waals surface area contributed by atoms with E-state index in [4.69, 9.17) is 9.57 Å². The van der Waals surface area contributed by atoms with Gasteiger partial charge in [-0.3, -0.25) is 4.79 Å². The van der Waals surface area contributed by atoms with E-state index in [2.05, 4.69) is 12.4 Å². The Morgan fingerprint density at radius 3 is 2.33 bits per heavy atom. The highest BCUT2D eigenvalue weighted by molar-refractivity contribution is 5.96. The molecule has 0 bridgehead atoms. The number of unbranched alkanes of at least 4 members (excludes halogenated alkanes) is 5. The van der Waals surface area contributed by atoms with Gasteiger partial charge >= 0.3 is 5.97 Å². The predicted molar refractivity (Wildman–Crippen MR) is 105 cm³/mol. The molecule has 0 atom stereocenters. The molecule has 144 valence electrons. The largest absolute Gasteiger partial charge is 0.494 e. The van der Waals surface area contributed by atoms with Gasteiger partial charge in [0.2, 0.25) is 0 Å². The van der Waals surface area contributed by atoms with Crippen molar-refractivity contribution in [2.24, 2.45) is 0 Å². The summed E-state index contributed by atoms with van der Waals surface area (Å²) >= 11 is 0. The maximum absolute atomic E-state index is 12.2. The molecule has 0 spiro atoms. The summed E-state index contributed by atoms with van der Waals surface area (Å²) in [6.45, 7) is 2.83. The number of amides is 1. The molecule has 1 amide bonds. The van der Waals surface area contributed by atoms with Crippen LogP contribution in [0.25, 0.3) is 0 Å². The summed E-state index contributed by atoms with van der Waals surface area (Å²) in [5.74, 6) is -0.477. The molecule has 0 saturated carbocycles. The Hall–Kier alpha value is -2.82. The van der Waals surface area contributed by atoms with Crippen molar-refractivity contribution in [3.63, 3.8) is 0 Å². The van der Waals surface area contributed by atoms with Crippen LogP contribution in [0.2, 0.25) is 0 Å². The van der Waals surface area contributed by atoms with E-state index < -0.39 is 11.9 Å². The fourth-order valence-electron chi connectivity index (χ4n) is 2.58. The Labute approximate surface area is 160 Å². The zero-order valence-corrected chi connectivity index (χ0v) is 15.8. The van der Waals surface area contributed by atoms with E-state index in [1.54, 1.807) is 48.5 Å². The van der Waals surface area contributed by atoms with Crippen molar-refractivity contribution < 1.29 is 19.2 Å². The van der Waals surface area contributed by atoms with E-state index in [0.29, 0.717) is 23.5 Å². The topological polar surface area (TPSA) is 64.6 Å². The lowest BCUT2D eigenvalue weighted by molar-refractivity contribution is 0.0230. The number of carbonyl (C=O) groups is 2. The van der Waals surface area contributed by atoms with Crippen molar-refractivity contribution in [2.75, 3.05) is 6.61 Å². The minimum Gasteiger partial charge on any atom is -0.494 e. The predicted octanol–water partition coefficient (Wildman–Crippen LogP) is 4.93. The Morgan fingerprint density at radius 1 is 0.852 bits per heavy atom. The summed E-state index contributed by atoms with van der Waals surface area (Å²) in [6.07, 6.45) is 7.17. The summed E-state index contributed by atoms with van der Waals surface area (Å²) in [4.78, 5) is 28.9. The van der Waals surface area contributed by atoms with Crippen LogP contribution < -0.4 is 10.2 Å². The first-order valence-electron chi connectivity index (χ1n) is 9.50. The molecule has 1 N–H and O–H groups in total. The first-order valence-corrected chi connectivity index (χ1v) is 9.50. The number of hydrogen-bond acceptors (Lipinski definition) is 4. The van der Waals surface area contributed by atoms with Gasteiger partial charge in [-0.25, -0.2) is 4.79 Å². The maximum atomic E-state index is 12.2. The van der Waals surface area contributed by atoms with E-state index in [9.17, 15) is 9.59 Å². The molecule has 0 heterocycles. The Morgan fingerprint density at radius 2 is 1.56 bits per heavy atom. The summed E-state index contributed by atoms with van der Waals surface area (Å²) in [5, 5.41) is 0. The lowest BCUT2D eigenvalue weighted by Gasteiger charge is -2.09. The standard InChI is InChI=1S/C22H27NO4/c1-2-3-4-5-6-10-16-26-20-15-11-14-19(17-20)21(24)23-27-22(25)18-12-8-7-9-13-18/h7-9,11-15,17H,2-6,10,16H2,1H3,(H,23,24). The zero-order valence-electron chi connectivity index (χ0n) is 15.8. The Balaban J connectivity index is 1.75. The van der Waals surface area contributed by atoms with Crippen LogP contribution in [0.15, 0.2) is 54.6 Å². The zero-order chi connectivity index (χ0) is 19.3. The molecule has 2 aromatic carbocycles. The Bertz CT molecular complexity index is 715. The van der Waals surface area contributed by atoms with Crippen molar-refractivity contribution in [3.05, 3.63) is 65.7 Å². The van der Waals surface area contributed by atoms with Gasteiger partial charge in [0.1, 0.15) is 5.75 Å². The quantitative estimate of drug-likeness (QED) is 0.476. The third-order valence-corrected chi connectivity index (χ3v) is 4.11. The van der Waals surface area contributed by atoms with Gasteiger partial charge in [-0.2, -0.15) is 5.48 Å². The Kier molecular flexibility index (Phi) is 8.90.